The van der Waals surface area contributed by atoms with Crippen molar-refractivity contribution in [1.82, 2.24) is 5.43 Å². The molecule has 3 rings (SSSR count). The number of halogens is 1. The van der Waals surface area contributed by atoms with Gasteiger partial charge < -0.3 is 13.3 Å². The SMILES string of the molecule is COc1cc(/C=N\NC(=O)c2ccco2)cc(Br)c1OS(=O)(=O)c1cccc([N+](=O)[O-])c1. The number of nitro groups is 1. The van der Waals surface area contributed by atoms with Gasteiger partial charge in [-0.2, -0.15) is 13.5 Å². The quantitative estimate of drug-likeness (QED) is 0.204. The van der Waals surface area contributed by atoms with E-state index in [9.17, 15) is 23.3 Å². The Kier molecular flexibility index (Phi) is 6.90. The highest BCUT2D eigenvalue weighted by Crippen LogP contribution is 2.38. The number of furan rings is 1. The molecule has 0 fully saturated rings. The van der Waals surface area contributed by atoms with Gasteiger partial charge in [-0.3, -0.25) is 14.9 Å². The molecule has 13 heteroatoms. The topological polar surface area (TPSA) is 150 Å². The van der Waals surface area contributed by atoms with Crippen molar-refractivity contribution in [3.05, 3.63) is 80.7 Å². The molecule has 0 bridgehead atoms. The Morgan fingerprint density at radius 1 is 1.25 bits per heavy atom. The van der Waals surface area contributed by atoms with Crippen LogP contribution in [-0.2, 0) is 10.1 Å². The molecule has 0 saturated heterocycles. The summed E-state index contributed by atoms with van der Waals surface area (Å²) >= 11 is 3.21. The lowest BCUT2D eigenvalue weighted by atomic mass is 10.2. The van der Waals surface area contributed by atoms with Crippen molar-refractivity contribution < 1.29 is 31.5 Å². The van der Waals surface area contributed by atoms with Crippen LogP contribution < -0.4 is 14.3 Å². The molecule has 0 aliphatic heterocycles. The van der Waals surface area contributed by atoms with Gasteiger partial charge in [-0.1, -0.05) is 6.07 Å². The average molecular weight is 524 g/mol. The standard InChI is InChI=1S/C19H14BrN3O8S/c1-29-17-9-12(11-21-22-19(24)16-6-3-7-30-16)8-15(20)18(17)31-32(27,28)14-5-2-4-13(10-14)23(25)26/h2-11H,1H3,(H,22,24)/b21-11-. The molecule has 1 aromatic heterocycles. The molecule has 3 aromatic rings. The maximum atomic E-state index is 12.6. The number of carbonyl (C=O) groups is 1. The largest absolute Gasteiger partial charge is 0.493 e. The summed E-state index contributed by atoms with van der Waals surface area (Å²) in [6.07, 6.45) is 2.65. The van der Waals surface area contributed by atoms with E-state index in [1.807, 2.05) is 0 Å². The van der Waals surface area contributed by atoms with Crippen molar-refractivity contribution in [2.75, 3.05) is 7.11 Å². The Bertz CT molecular complexity index is 1290. The molecule has 0 aliphatic rings. The number of hydrazone groups is 1. The van der Waals surface area contributed by atoms with E-state index in [1.165, 1.54) is 49.9 Å². The van der Waals surface area contributed by atoms with Crippen LogP contribution in [0.2, 0.25) is 0 Å². The molecule has 32 heavy (non-hydrogen) atoms. The minimum atomic E-state index is -4.41. The van der Waals surface area contributed by atoms with Crippen LogP contribution in [0.15, 0.2) is 73.7 Å². The first-order valence-electron chi connectivity index (χ1n) is 8.64. The van der Waals surface area contributed by atoms with Crippen LogP contribution in [0, 0.1) is 10.1 Å². The predicted octanol–water partition coefficient (Wildman–Crippen LogP) is 3.49. The maximum absolute atomic E-state index is 12.6. The van der Waals surface area contributed by atoms with Crippen molar-refractivity contribution in [2.45, 2.75) is 4.90 Å². The second kappa shape index (κ2) is 9.62. The van der Waals surface area contributed by atoms with Crippen molar-refractivity contribution in [2.24, 2.45) is 5.10 Å². The Morgan fingerprint density at radius 3 is 2.69 bits per heavy atom. The monoisotopic (exact) mass is 523 g/mol. The number of amides is 1. The average Bonchev–Trinajstić information content (AvgIpc) is 3.30. The van der Waals surface area contributed by atoms with Crippen LogP contribution in [0.3, 0.4) is 0 Å². The number of nitro benzene ring substituents is 1. The number of benzene rings is 2. The van der Waals surface area contributed by atoms with Gasteiger partial charge in [0.2, 0.25) is 0 Å². The molecule has 166 valence electrons. The van der Waals surface area contributed by atoms with E-state index in [0.29, 0.717) is 5.56 Å². The van der Waals surface area contributed by atoms with E-state index in [0.717, 1.165) is 12.1 Å². The Hall–Kier alpha value is -3.71. The molecule has 0 atom stereocenters. The first-order chi connectivity index (χ1) is 15.2. The van der Waals surface area contributed by atoms with Gasteiger partial charge in [-0.05, 0) is 51.8 Å². The number of rotatable bonds is 8. The molecular formula is C19H14BrN3O8S. The first kappa shape index (κ1) is 23.0. The van der Waals surface area contributed by atoms with Gasteiger partial charge >= 0.3 is 16.0 Å². The smallest absolute Gasteiger partial charge is 0.339 e. The fraction of sp³-hybridized carbons (Fsp3) is 0.0526. The molecule has 0 unspecified atom stereocenters. The van der Waals surface area contributed by atoms with Crippen molar-refractivity contribution in [3.8, 4) is 11.5 Å². The third-order valence-corrected chi connectivity index (χ3v) is 5.69. The first-order valence-corrected chi connectivity index (χ1v) is 10.8. The lowest BCUT2D eigenvalue weighted by Crippen LogP contribution is -2.16. The number of hydrogen-bond acceptors (Lipinski definition) is 9. The van der Waals surface area contributed by atoms with Crippen molar-refractivity contribution in [1.29, 1.82) is 0 Å². The number of carbonyl (C=O) groups excluding carboxylic acids is 1. The van der Waals surface area contributed by atoms with Crippen LogP contribution in [-0.4, -0.2) is 32.6 Å². The predicted molar refractivity (Wildman–Crippen MR) is 115 cm³/mol. The number of nitrogens with zero attached hydrogens (tertiary/aromatic N) is 2. The summed E-state index contributed by atoms with van der Waals surface area (Å²) in [6.45, 7) is 0. The van der Waals surface area contributed by atoms with Crippen LogP contribution in [0.25, 0.3) is 0 Å². The summed E-state index contributed by atoms with van der Waals surface area (Å²) in [5.74, 6) is -0.612. The zero-order valence-corrected chi connectivity index (χ0v) is 18.6. The number of ether oxygens (including phenoxy) is 1. The van der Waals surface area contributed by atoms with E-state index >= 15 is 0 Å². The molecule has 2 aromatic carbocycles. The van der Waals surface area contributed by atoms with E-state index in [2.05, 4.69) is 26.5 Å². The fourth-order valence-electron chi connectivity index (χ4n) is 2.43. The molecule has 0 saturated carbocycles. The van der Waals surface area contributed by atoms with Crippen LogP contribution in [0.4, 0.5) is 5.69 Å². The highest BCUT2D eigenvalue weighted by Gasteiger charge is 2.24. The highest BCUT2D eigenvalue weighted by atomic mass is 79.9. The molecule has 0 radical (unpaired) electrons. The molecular weight excluding hydrogens is 510 g/mol. The van der Waals surface area contributed by atoms with Gasteiger partial charge in [-0.15, -0.1) is 0 Å². The highest BCUT2D eigenvalue weighted by molar-refractivity contribution is 9.10. The van der Waals surface area contributed by atoms with Gasteiger partial charge in [0.1, 0.15) is 4.90 Å². The number of non-ortho nitro benzene ring substituents is 1. The van der Waals surface area contributed by atoms with Crippen molar-refractivity contribution in [3.63, 3.8) is 0 Å². The van der Waals surface area contributed by atoms with Gasteiger partial charge in [0.25, 0.3) is 5.69 Å². The Balaban J connectivity index is 1.83. The Morgan fingerprint density at radius 2 is 2.03 bits per heavy atom. The van der Waals surface area contributed by atoms with E-state index in [1.54, 1.807) is 6.07 Å². The van der Waals surface area contributed by atoms with Gasteiger partial charge in [0.15, 0.2) is 17.3 Å². The fourth-order valence-corrected chi connectivity index (χ4v) is 4.08. The normalized spacial score (nSPS) is 11.3. The van der Waals surface area contributed by atoms with E-state index in [-0.39, 0.29) is 21.7 Å². The van der Waals surface area contributed by atoms with Gasteiger partial charge in [0.05, 0.1) is 29.0 Å². The molecule has 1 N–H and O–H groups in total. The molecule has 1 heterocycles. The zero-order chi connectivity index (χ0) is 23.3. The summed E-state index contributed by atoms with van der Waals surface area (Å²) in [6, 6.07) is 10.4. The number of nitrogens with one attached hydrogen (secondary N) is 1. The van der Waals surface area contributed by atoms with Crippen LogP contribution in [0.5, 0.6) is 11.5 Å². The summed E-state index contributed by atoms with van der Waals surface area (Å²) < 4.78 is 40.8. The van der Waals surface area contributed by atoms with Crippen LogP contribution >= 0.6 is 15.9 Å². The third kappa shape index (κ3) is 5.31. The van der Waals surface area contributed by atoms with E-state index in [4.69, 9.17) is 13.3 Å². The number of hydrogen-bond donors (Lipinski definition) is 1. The van der Waals surface area contributed by atoms with Crippen LogP contribution in [0.1, 0.15) is 16.1 Å². The summed E-state index contributed by atoms with van der Waals surface area (Å²) in [5, 5.41) is 14.7. The molecule has 0 aliphatic carbocycles. The number of methoxy groups -OCH3 is 1. The summed E-state index contributed by atoms with van der Waals surface area (Å²) in [4.78, 5) is 21.6. The zero-order valence-electron chi connectivity index (χ0n) is 16.2. The minimum Gasteiger partial charge on any atom is -0.493 e. The molecule has 11 nitrogen and oxygen atoms in total. The Labute approximate surface area is 190 Å². The second-order valence-electron chi connectivity index (χ2n) is 6.00. The molecule has 0 spiro atoms. The van der Waals surface area contributed by atoms with Gasteiger partial charge in [0, 0.05) is 12.1 Å². The summed E-state index contributed by atoms with van der Waals surface area (Å²) in [5.41, 5.74) is 2.32. The van der Waals surface area contributed by atoms with E-state index < -0.39 is 31.5 Å². The summed E-state index contributed by atoms with van der Waals surface area (Å²) in [7, 11) is -3.11. The lowest BCUT2D eigenvalue weighted by molar-refractivity contribution is -0.385. The molecule has 1 amide bonds. The van der Waals surface area contributed by atoms with Gasteiger partial charge in [-0.25, -0.2) is 5.43 Å². The lowest BCUT2D eigenvalue weighted by Gasteiger charge is -2.13. The second-order valence-corrected chi connectivity index (χ2v) is 8.40. The maximum Gasteiger partial charge on any atom is 0.339 e. The third-order valence-electron chi connectivity index (χ3n) is 3.89. The minimum absolute atomic E-state index is 0.0344. The van der Waals surface area contributed by atoms with Crippen molar-refractivity contribution >= 4 is 43.9 Å².